The van der Waals surface area contributed by atoms with Crippen molar-refractivity contribution in [1.29, 1.82) is 0 Å². The van der Waals surface area contributed by atoms with Crippen LogP contribution in [0.25, 0.3) is 10.4 Å². The summed E-state index contributed by atoms with van der Waals surface area (Å²) in [6.07, 6.45) is 4.13. The summed E-state index contributed by atoms with van der Waals surface area (Å²) in [5.74, 6) is -1.12. The highest BCUT2D eigenvalue weighted by molar-refractivity contribution is 7.15. The van der Waals surface area contributed by atoms with Crippen molar-refractivity contribution in [2.75, 3.05) is 0 Å². The Balaban J connectivity index is 1.78. The van der Waals surface area contributed by atoms with E-state index in [2.05, 4.69) is 10.3 Å². The molecule has 2 nitrogen and oxygen atoms in total. The molecule has 3 rings (SSSR count). The van der Waals surface area contributed by atoms with Crippen molar-refractivity contribution in [3.05, 3.63) is 41.0 Å². The van der Waals surface area contributed by atoms with E-state index in [-0.39, 0.29) is 0 Å². The number of nitrogens with zero attached hydrogens (tertiary/aromatic N) is 1. The monoisotopic (exact) mass is 266 g/mol. The number of hydrogen-bond donors (Lipinski definition) is 1. The smallest absolute Gasteiger partial charge is 0.126 e. The maximum absolute atomic E-state index is 13.1. The van der Waals surface area contributed by atoms with Crippen LogP contribution in [0.3, 0.4) is 0 Å². The zero-order chi connectivity index (χ0) is 12.5. The first kappa shape index (κ1) is 11.7. The van der Waals surface area contributed by atoms with Gasteiger partial charge in [-0.25, -0.2) is 13.8 Å². The Hall–Kier alpha value is -1.33. The largest absolute Gasteiger partial charge is 0.308 e. The zero-order valence-corrected chi connectivity index (χ0v) is 10.4. The van der Waals surface area contributed by atoms with E-state index < -0.39 is 11.6 Å². The van der Waals surface area contributed by atoms with Gasteiger partial charge in [-0.05, 0) is 30.5 Å². The molecule has 1 saturated carbocycles. The van der Waals surface area contributed by atoms with Crippen LogP contribution < -0.4 is 5.32 Å². The average Bonchev–Trinajstić information content (AvgIpc) is 3.02. The van der Waals surface area contributed by atoms with E-state index in [0.717, 1.165) is 22.5 Å². The fraction of sp³-hybridized carbons (Fsp3) is 0.308. The lowest BCUT2D eigenvalue weighted by molar-refractivity contribution is 0.584. The second kappa shape index (κ2) is 4.74. The SMILES string of the molecule is Fc1cc(F)cc(-c2cnc(CNC3CC3)s2)c1. The van der Waals surface area contributed by atoms with Gasteiger partial charge in [-0.3, -0.25) is 0 Å². The molecular formula is C13H12F2N2S. The summed E-state index contributed by atoms with van der Waals surface area (Å²) < 4.78 is 26.2. The van der Waals surface area contributed by atoms with Crippen molar-refractivity contribution in [3.63, 3.8) is 0 Å². The maximum Gasteiger partial charge on any atom is 0.126 e. The molecular weight excluding hydrogens is 254 g/mol. The third kappa shape index (κ3) is 2.73. The third-order valence-electron chi connectivity index (χ3n) is 2.82. The second-order valence-electron chi connectivity index (χ2n) is 4.43. The van der Waals surface area contributed by atoms with Gasteiger partial charge in [0.2, 0.25) is 0 Å². The first-order valence-corrected chi connectivity index (χ1v) is 6.67. The molecule has 0 atom stereocenters. The quantitative estimate of drug-likeness (QED) is 0.918. The first-order valence-electron chi connectivity index (χ1n) is 5.85. The minimum absolute atomic E-state index is 0.544. The summed E-state index contributed by atoms with van der Waals surface area (Å²) in [4.78, 5) is 5.06. The number of hydrogen-bond acceptors (Lipinski definition) is 3. The van der Waals surface area contributed by atoms with Gasteiger partial charge in [0.05, 0.1) is 4.88 Å². The molecule has 2 aromatic rings. The van der Waals surface area contributed by atoms with Crippen LogP contribution >= 0.6 is 11.3 Å². The average molecular weight is 266 g/mol. The molecule has 18 heavy (non-hydrogen) atoms. The van der Waals surface area contributed by atoms with E-state index in [4.69, 9.17) is 0 Å². The number of nitrogens with one attached hydrogen (secondary N) is 1. The van der Waals surface area contributed by atoms with Gasteiger partial charge in [0, 0.05) is 24.8 Å². The lowest BCUT2D eigenvalue weighted by atomic mass is 10.2. The molecule has 1 aromatic carbocycles. The highest BCUT2D eigenvalue weighted by Gasteiger charge is 2.20. The number of halogens is 2. The molecule has 1 N–H and O–H groups in total. The molecule has 94 valence electrons. The molecule has 1 heterocycles. The van der Waals surface area contributed by atoms with Crippen LogP contribution in [-0.4, -0.2) is 11.0 Å². The fourth-order valence-electron chi connectivity index (χ4n) is 1.74. The van der Waals surface area contributed by atoms with Gasteiger partial charge in [-0.1, -0.05) is 0 Å². The van der Waals surface area contributed by atoms with Crippen LogP contribution in [0.2, 0.25) is 0 Å². The second-order valence-corrected chi connectivity index (χ2v) is 5.55. The molecule has 0 amide bonds. The van der Waals surface area contributed by atoms with E-state index in [1.54, 1.807) is 6.20 Å². The van der Waals surface area contributed by atoms with E-state index in [1.165, 1.54) is 36.3 Å². The van der Waals surface area contributed by atoms with Crippen molar-refractivity contribution in [1.82, 2.24) is 10.3 Å². The highest BCUT2D eigenvalue weighted by Crippen LogP contribution is 2.28. The molecule has 1 fully saturated rings. The number of thiazole rings is 1. The van der Waals surface area contributed by atoms with E-state index in [0.29, 0.717) is 11.6 Å². The highest BCUT2D eigenvalue weighted by atomic mass is 32.1. The van der Waals surface area contributed by atoms with E-state index in [9.17, 15) is 8.78 Å². The predicted molar refractivity (Wildman–Crippen MR) is 67.3 cm³/mol. The van der Waals surface area contributed by atoms with Gasteiger partial charge in [-0.2, -0.15) is 0 Å². The Morgan fingerprint density at radius 1 is 1.22 bits per heavy atom. The Labute approximate surface area is 108 Å². The minimum Gasteiger partial charge on any atom is -0.308 e. The van der Waals surface area contributed by atoms with Gasteiger partial charge in [0.15, 0.2) is 0 Å². The molecule has 0 aliphatic heterocycles. The molecule has 0 radical (unpaired) electrons. The Morgan fingerprint density at radius 3 is 2.61 bits per heavy atom. The standard InChI is InChI=1S/C13H12F2N2S/c14-9-3-8(4-10(15)5-9)12-6-17-13(18-12)7-16-11-1-2-11/h3-6,11,16H,1-2,7H2. The van der Waals surface area contributed by atoms with Gasteiger partial charge >= 0.3 is 0 Å². The topological polar surface area (TPSA) is 24.9 Å². The van der Waals surface area contributed by atoms with Crippen LogP contribution in [0.4, 0.5) is 8.78 Å². The maximum atomic E-state index is 13.1. The number of rotatable bonds is 4. The molecule has 1 aromatic heterocycles. The van der Waals surface area contributed by atoms with E-state index >= 15 is 0 Å². The normalized spacial score (nSPS) is 15.0. The summed E-state index contributed by atoms with van der Waals surface area (Å²) in [6, 6.07) is 4.16. The molecule has 0 saturated heterocycles. The number of benzene rings is 1. The lowest BCUT2D eigenvalue weighted by Crippen LogP contribution is -2.14. The molecule has 1 aliphatic rings. The Kier molecular flexibility index (Phi) is 3.09. The summed E-state index contributed by atoms with van der Waals surface area (Å²) in [5, 5.41) is 4.31. The van der Waals surface area contributed by atoms with Crippen LogP contribution in [-0.2, 0) is 6.54 Å². The van der Waals surface area contributed by atoms with Gasteiger partial charge in [0.25, 0.3) is 0 Å². The van der Waals surface area contributed by atoms with Crippen LogP contribution in [0.15, 0.2) is 24.4 Å². The molecule has 1 aliphatic carbocycles. The summed E-state index contributed by atoms with van der Waals surface area (Å²) in [7, 11) is 0. The van der Waals surface area contributed by atoms with Crippen LogP contribution in [0.1, 0.15) is 17.8 Å². The van der Waals surface area contributed by atoms with Crippen molar-refractivity contribution in [2.45, 2.75) is 25.4 Å². The summed E-state index contributed by atoms with van der Waals surface area (Å²) in [6.45, 7) is 0.729. The predicted octanol–water partition coefficient (Wildman–Crippen LogP) is 3.34. The van der Waals surface area contributed by atoms with Gasteiger partial charge in [-0.15, -0.1) is 11.3 Å². The van der Waals surface area contributed by atoms with Crippen molar-refractivity contribution in [3.8, 4) is 10.4 Å². The number of aromatic nitrogens is 1. The van der Waals surface area contributed by atoms with Gasteiger partial charge in [0.1, 0.15) is 16.6 Å². The molecule has 0 spiro atoms. The van der Waals surface area contributed by atoms with Crippen LogP contribution in [0, 0.1) is 11.6 Å². The molecule has 0 bridgehead atoms. The van der Waals surface area contributed by atoms with Crippen molar-refractivity contribution in [2.24, 2.45) is 0 Å². The van der Waals surface area contributed by atoms with E-state index in [1.807, 2.05) is 0 Å². The minimum atomic E-state index is -0.559. The fourth-order valence-corrected chi connectivity index (χ4v) is 2.60. The Morgan fingerprint density at radius 2 is 1.94 bits per heavy atom. The van der Waals surface area contributed by atoms with Gasteiger partial charge < -0.3 is 5.32 Å². The first-order chi connectivity index (χ1) is 8.70. The zero-order valence-electron chi connectivity index (χ0n) is 9.62. The summed E-state index contributed by atoms with van der Waals surface area (Å²) >= 11 is 1.47. The van der Waals surface area contributed by atoms with Crippen molar-refractivity contribution >= 4 is 11.3 Å². The molecule has 5 heteroatoms. The lowest BCUT2D eigenvalue weighted by Gasteiger charge is -1.98. The van der Waals surface area contributed by atoms with Crippen LogP contribution in [0.5, 0.6) is 0 Å². The Bertz CT molecular complexity index is 544. The summed E-state index contributed by atoms with van der Waals surface area (Å²) in [5.41, 5.74) is 0.544. The third-order valence-corrected chi connectivity index (χ3v) is 3.87. The van der Waals surface area contributed by atoms with Crippen molar-refractivity contribution < 1.29 is 8.78 Å². The molecule has 0 unspecified atom stereocenters.